The lowest BCUT2D eigenvalue weighted by atomic mass is 10.0. The highest BCUT2D eigenvalue weighted by molar-refractivity contribution is 7.99. The molecule has 28 heavy (non-hydrogen) atoms. The molecule has 1 aliphatic heterocycles. The van der Waals surface area contributed by atoms with Crippen LogP contribution in [0.4, 0.5) is 0 Å². The number of nitrogens with one attached hydrogen (secondary N) is 2. The summed E-state index contributed by atoms with van der Waals surface area (Å²) in [5, 5.41) is 6.22. The standard InChI is InChI=1S/C18H23N5O3S2/c1-10(2)12(21-16(25)14-8-27-9-23(14)11(3)24)7-20-17(26)18-22-13-6-19-5-4-15(13)28-18/h4-6,10,12,14H,7-9H2,1-3H3,(H,20,26)(H,21,25)/t12?,14-/m1/s1. The molecule has 0 saturated carbocycles. The van der Waals surface area contributed by atoms with Crippen LogP contribution >= 0.6 is 23.1 Å². The minimum atomic E-state index is -0.462. The molecule has 3 heterocycles. The minimum Gasteiger partial charge on any atom is -0.350 e. The fourth-order valence-corrected chi connectivity index (χ4v) is 4.93. The Morgan fingerprint density at radius 1 is 1.36 bits per heavy atom. The van der Waals surface area contributed by atoms with Crippen molar-refractivity contribution < 1.29 is 14.4 Å². The van der Waals surface area contributed by atoms with E-state index in [1.165, 1.54) is 18.3 Å². The molecule has 2 aromatic rings. The molecule has 3 amide bonds. The molecule has 8 nitrogen and oxygen atoms in total. The summed E-state index contributed by atoms with van der Waals surface area (Å²) in [6, 6.07) is 1.12. The topological polar surface area (TPSA) is 104 Å². The molecule has 0 aliphatic carbocycles. The van der Waals surface area contributed by atoms with E-state index in [9.17, 15) is 14.4 Å². The molecular formula is C18H23N5O3S2. The van der Waals surface area contributed by atoms with Crippen molar-refractivity contribution in [2.24, 2.45) is 5.92 Å². The second kappa shape index (κ2) is 8.87. The summed E-state index contributed by atoms with van der Waals surface area (Å²) in [6.45, 7) is 5.72. The van der Waals surface area contributed by atoms with Crippen molar-refractivity contribution in [2.75, 3.05) is 18.2 Å². The van der Waals surface area contributed by atoms with Gasteiger partial charge in [0.25, 0.3) is 5.91 Å². The average Bonchev–Trinajstić information content (AvgIpc) is 3.31. The summed E-state index contributed by atoms with van der Waals surface area (Å²) in [4.78, 5) is 46.7. The Hall–Kier alpha value is -2.20. The van der Waals surface area contributed by atoms with Crippen molar-refractivity contribution in [2.45, 2.75) is 32.9 Å². The maximum atomic E-state index is 12.7. The monoisotopic (exact) mass is 421 g/mol. The average molecular weight is 422 g/mol. The van der Waals surface area contributed by atoms with Gasteiger partial charge >= 0.3 is 0 Å². The molecule has 1 saturated heterocycles. The fourth-order valence-electron chi connectivity index (χ4n) is 2.86. The van der Waals surface area contributed by atoms with E-state index in [1.807, 2.05) is 19.9 Å². The van der Waals surface area contributed by atoms with Crippen LogP contribution in [0.3, 0.4) is 0 Å². The molecule has 0 radical (unpaired) electrons. The number of carbonyl (C=O) groups excluding carboxylic acids is 3. The van der Waals surface area contributed by atoms with Crippen molar-refractivity contribution in [1.29, 1.82) is 0 Å². The smallest absolute Gasteiger partial charge is 0.280 e. The number of nitrogens with zero attached hydrogens (tertiary/aromatic N) is 3. The van der Waals surface area contributed by atoms with Crippen LogP contribution in [-0.4, -0.2) is 62.8 Å². The molecule has 10 heteroatoms. The number of hydrogen-bond donors (Lipinski definition) is 2. The zero-order valence-electron chi connectivity index (χ0n) is 16.0. The van der Waals surface area contributed by atoms with Crippen molar-refractivity contribution in [3.8, 4) is 0 Å². The number of fused-ring (bicyclic) bond motifs is 1. The van der Waals surface area contributed by atoms with Crippen LogP contribution in [0.15, 0.2) is 18.5 Å². The van der Waals surface area contributed by atoms with Crippen molar-refractivity contribution >= 4 is 51.0 Å². The van der Waals surface area contributed by atoms with Crippen LogP contribution in [0, 0.1) is 5.92 Å². The first-order valence-corrected chi connectivity index (χ1v) is 11.0. The molecule has 150 valence electrons. The summed E-state index contributed by atoms with van der Waals surface area (Å²) in [6.07, 6.45) is 3.29. The zero-order chi connectivity index (χ0) is 20.3. The van der Waals surface area contributed by atoms with Gasteiger partial charge in [-0.05, 0) is 12.0 Å². The van der Waals surface area contributed by atoms with E-state index in [2.05, 4.69) is 20.6 Å². The van der Waals surface area contributed by atoms with E-state index in [1.54, 1.807) is 29.1 Å². The van der Waals surface area contributed by atoms with Gasteiger partial charge in [-0.25, -0.2) is 4.98 Å². The summed E-state index contributed by atoms with van der Waals surface area (Å²) in [5.41, 5.74) is 0.689. The third-order valence-corrected chi connectivity index (χ3v) is 6.64. The lowest BCUT2D eigenvalue weighted by molar-refractivity contribution is -0.136. The Labute approximate surface area is 171 Å². The zero-order valence-corrected chi connectivity index (χ0v) is 17.6. The van der Waals surface area contributed by atoms with Gasteiger partial charge in [-0.15, -0.1) is 23.1 Å². The normalized spacial score (nSPS) is 17.7. The van der Waals surface area contributed by atoms with Crippen molar-refractivity contribution in [1.82, 2.24) is 25.5 Å². The quantitative estimate of drug-likeness (QED) is 0.732. The van der Waals surface area contributed by atoms with Gasteiger partial charge in [-0.3, -0.25) is 19.4 Å². The number of carbonyl (C=O) groups is 3. The number of thiazole rings is 1. The van der Waals surface area contributed by atoms with Crippen molar-refractivity contribution in [3.63, 3.8) is 0 Å². The van der Waals surface area contributed by atoms with Gasteiger partial charge in [0.15, 0.2) is 5.01 Å². The highest BCUT2D eigenvalue weighted by atomic mass is 32.2. The SMILES string of the molecule is CC(=O)N1CSC[C@@H]1C(=O)NC(CNC(=O)c1nc2cnccc2s1)C(C)C. The molecular weight excluding hydrogens is 398 g/mol. The van der Waals surface area contributed by atoms with Crippen LogP contribution < -0.4 is 10.6 Å². The lowest BCUT2D eigenvalue weighted by Gasteiger charge is -2.27. The Morgan fingerprint density at radius 2 is 2.14 bits per heavy atom. The van der Waals surface area contributed by atoms with Crippen LogP contribution in [0.1, 0.15) is 30.6 Å². The van der Waals surface area contributed by atoms with Gasteiger partial charge in [0.2, 0.25) is 11.8 Å². The highest BCUT2D eigenvalue weighted by Crippen LogP contribution is 2.22. The summed E-state index contributed by atoms with van der Waals surface area (Å²) in [5.74, 6) is 0.668. The van der Waals surface area contributed by atoms with Gasteiger partial charge in [-0.1, -0.05) is 13.8 Å². The number of thioether (sulfide) groups is 1. The molecule has 3 rings (SSSR count). The largest absolute Gasteiger partial charge is 0.350 e. The molecule has 2 atom stereocenters. The number of amides is 3. The molecule has 2 aromatic heterocycles. The van der Waals surface area contributed by atoms with Gasteiger partial charge in [0.1, 0.15) is 11.6 Å². The van der Waals surface area contributed by atoms with E-state index in [-0.39, 0.29) is 36.2 Å². The summed E-state index contributed by atoms with van der Waals surface area (Å²) < 4.78 is 0.900. The van der Waals surface area contributed by atoms with Gasteiger partial charge in [0, 0.05) is 31.5 Å². The van der Waals surface area contributed by atoms with E-state index in [0.717, 1.165) is 4.70 Å². The maximum absolute atomic E-state index is 12.7. The molecule has 2 N–H and O–H groups in total. The second-order valence-electron chi connectivity index (χ2n) is 6.94. The number of rotatable bonds is 6. The first-order valence-electron chi connectivity index (χ1n) is 9.01. The Kier molecular flexibility index (Phi) is 6.50. The van der Waals surface area contributed by atoms with Gasteiger partial charge in [-0.2, -0.15) is 0 Å². The number of pyridine rings is 1. The van der Waals surface area contributed by atoms with Crippen LogP contribution in [0.25, 0.3) is 10.2 Å². The number of aromatic nitrogens is 2. The van der Waals surface area contributed by atoms with Crippen LogP contribution in [-0.2, 0) is 9.59 Å². The second-order valence-corrected chi connectivity index (χ2v) is 8.97. The maximum Gasteiger partial charge on any atom is 0.280 e. The molecule has 0 aromatic carbocycles. The van der Waals surface area contributed by atoms with E-state index < -0.39 is 6.04 Å². The Bertz CT molecular complexity index is 852. The highest BCUT2D eigenvalue weighted by Gasteiger charge is 2.34. The first-order chi connectivity index (χ1) is 13.4. The first kappa shape index (κ1) is 20.5. The Balaban J connectivity index is 1.60. The third-order valence-electron chi connectivity index (χ3n) is 4.59. The number of hydrogen-bond acceptors (Lipinski definition) is 7. The van der Waals surface area contributed by atoms with E-state index in [0.29, 0.717) is 22.2 Å². The third kappa shape index (κ3) is 4.61. The molecule has 1 fully saturated rings. The Morgan fingerprint density at radius 3 is 2.82 bits per heavy atom. The molecule has 0 spiro atoms. The van der Waals surface area contributed by atoms with Gasteiger partial charge < -0.3 is 15.5 Å². The predicted molar refractivity (Wildman–Crippen MR) is 110 cm³/mol. The summed E-state index contributed by atoms with van der Waals surface area (Å²) >= 11 is 2.87. The molecule has 1 aliphatic rings. The summed E-state index contributed by atoms with van der Waals surface area (Å²) in [7, 11) is 0. The van der Waals surface area contributed by atoms with Crippen LogP contribution in [0.2, 0.25) is 0 Å². The fraction of sp³-hybridized carbons (Fsp3) is 0.500. The van der Waals surface area contributed by atoms with Crippen molar-refractivity contribution in [3.05, 3.63) is 23.5 Å². The van der Waals surface area contributed by atoms with E-state index >= 15 is 0 Å². The lowest BCUT2D eigenvalue weighted by Crippen LogP contribution is -2.53. The van der Waals surface area contributed by atoms with Crippen LogP contribution in [0.5, 0.6) is 0 Å². The van der Waals surface area contributed by atoms with Gasteiger partial charge in [0.05, 0.1) is 16.8 Å². The minimum absolute atomic E-state index is 0.107. The molecule has 1 unspecified atom stereocenters. The molecule has 0 bridgehead atoms. The van der Waals surface area contributed by atoms with E-state index in [4.69, 9.17) is 0 Å². The predicted octanol–water partition coefficient (Wildman–Crippen LogP) is 1.48.